The predicted octanol–water partition coefficient (Wildman–Crippen LogP) is 3.25. The van der Waals surface area contributed by atoms with E-state index >= 15 is 0 Å². The summed E-state index contributed by atoms with van der Waals surface area (Å²) in [6, 6.07) is 20.6. The Morgan fingerprint density at radius 3 is 2.22 bits per heavy atom. The fourth-order valence-electron chi connectivity index (χ4n) is 6.04. The Balaban J connectivity index is 1.13. The summed E-state index contributed by atoms with van der Waals surface area (Å²) in [7, 11) is 0. The number of amides is 1. The van der Waals surface area contributed by atoms with Crippen LogP contribution in [0.2, 0.25) is 0 Å². The quantitative estimate of drug-likeness (QED) is 0.559. The van der Waals surface area contributed by atoms with Gasteiger partial charge in [0.2, 0.25) is 0 Å². The zero-order valence-electron chi connectivity index (χ0n) is 18.7. The van der Waals surface area contributed by atoms with Crippen molar-refractivity contribution in [2.75, 3.05) is 19.8 Å². The number of carbonyl (C=O) groups excluding carboxylic acids is 1. The highest BCUT2D eigenvalue weighted by molar-refractivity contribution is 5.86. The molecule has 1 heterocycles. The SMILES string of the molecule is O=C(NCNC1[C@H]2CN(Cc3ccccc3)C[C@@H]12)[C@](O)(c1ccccc1)C1CCCCC1. The van der Waals surface area contributed by atoms with Crippen LogP contribution in [0, 0.1) is 17.8 Å². The highest BCUT2D eigenvalue weighted by atomic mass is 16.3. The summed E-state index contributed by atoms with van der Waals surface area (Å²) in [6.07, 6.45) is 5.15. The lowest BCUT2D eigenvalue weighted by atomic mass is 9.73. The third-order valence-corrected chi connectivity index (χ3v) is 7.86. The normalized spacial score (nSPS) is 27.5. The number of likely N-dealkylation sites (tertiary alicyclic amines) is 1. The molecular formula is C27H35N3O2. The second-order valence-corrected chi connectivity index (χ2v) is 9.89. The number of aliphatic hydroxyl groups is 1. The lowest BCUT2D eigenvalue weighted by Crippen LogP contribution is -2.52. The van der Waals surface area contributed by atoms with E-state index in [4.69, 9.17) is 0 Å². The Kier molecular flexibility index (Phi) is 6.31. The molecule has 0 spiro atoms. The molecule has 4 atom stereocenters. The second-order valence-electron chi connectivity index (χ2n) is 9.89. The molecule has 32 heavy (non-hydrogen) atoms. The highest BCUT2D eigenvalue weighted by Gasteiger charge is 2.55. The predicted molar refractivity (Wildman–Crippen MR) is 126 cm³/mol. The molecule has 2 aromatic carbocycles. The Labute approximate surface area is 191 Å². The Hall–Kier alpha value is -2.21. The first-order valence-electron chi connectivity index (χ1n) is 12.2. The number of benzene rings is 2. The minimum atomic E-state index is -1.45. The summed E-state index contributed by atoms with van der Waals surface area (Å²) in [6.45, 7) is 3.66. The van der Waals surface area contributed by atoms with Gasteiger partial charge in [-0.2, -0.15) is 0 Å². The van der Waals surface area contributed by atoms with Gasteiger partial charge in [0.25, 0.3) is 5.91 Å². The van der Waals surface area contributed by atoms with Gasteiger partial charge in [0, 0.05) is 31.6 Å². The van der Waals surface area contributed by atoms with Crippen molar-refractivity contribution in [3.05, 3.63) is 71.8 Å². The summed E-state index contributed by atoms with van der Waals surface area (Å²) in [5, 5.41) is 18.2. The average Bonchev–Trinajstić information content (AvgIpc) is 3.30. The minimum absolute atomic E-state index is 0.0227. The minimum Gasteiger partial charge on any atom is -0.375 e. The van der Waals surface area contributed by atoms with Gasteiger partial charge in [0.15, 0.2) is 5.60 Å². The van der Waals surface area contributed by atoms with Crippen molar-refractivity contribution in [3.63, 3.8) is 0 Å². The molecule has 1 unspecified atom stereocenters. The lowest BCUT2D eigenvalue weighted by Gasteiger charge is -2.37. The van der Waals surface area contributed by atoms with Crippen molar-refractivity contribution in [1.29, 1.82) is 0 Å². The summed E-state index contributed by atoms with van der Waals surface area (Å²) >= 11 is 0. The molecule has 3 N–H and O–H groups in total. The van der Waals surface area contributed by atoms with Crippen LogP contribution >= 0.6 is 0 Å². The van der Waals surface area contributed by atoms with Crippen LogP contribution in [0.5, 0.6) is 0 Å². The zero-order chi connectivity index (χ0) is 22.0. The van der Waals surface area contributed by atoms with E-state index in [-0.39, 0.29) is 11.8 Å². The Bertz CT molecular complexity index is 888. The lowest BCUT2D eigenvalue weighted by molar-refractivity contribution is -0.149. The first-order valence-corrected chi connectivity index (χ1v) is 12.2. The number of nitrogens with zero attached hydrogens (tertiary/aromatic N) is 1. The van der Waals surface area contributed by atoms with Crippen LogP contribution in [0.3, 0.4) is 0 Å². The molecule has 3 aliphatic rings. The molecule has 5 heteroatoms. The number of hydrogen-bond acceptors (Lipinski definition) is 4. The molecule has 2 aliphatic carbocycles. The Morgan fingerprint density at radius 1 is 0.938 bits per heavy atom. The van der Waals surface area contributed by atoms with Gasteiger partial charge >= 0.3 is 0 Å². The summed E-state index contributed by atoms with van der Waals surface area (Å²) in [5.74, 6) is 1.05. The van der Waals surface area contributed by atoms with Crippen molar-refractivity contribution in [2.45, 2.75) is 50.3 Å². The maximum atomic E-state index is 13.3. The maximum absolute atomic E-state index is 13.3. The topological polar surface area (TPSA) is 64.6 Å². The molecule has 170 valence electrons. The van der Waals surface area contributed by atoms with Crippen molar-refractivity contribution >= 4 is 5.91 Å². The third-order valence-electron chi connectivity index (χ3n) is 7.86. The third kappa shape index (κ3) is 4.34. The first-order chi connectivity index (χ1) is 15.7. The molecule has 0 radical (unpaired) electrons. The maximum Gasteiger partial charge on any atom is 0.257 e. The molecule has 2 saturated carbocycles. The molecule has 5 nitrogen and oxygen atoms in total. The van der Waals surface area contributed by atoms with E-state index in [0.29, 0.717) is 30.1 Å². The largest absolute Gasteiger partial charge is 0.375 e. The molecule has 3 fully saturated rings. The van der Waals surface area contributed by atoms with E-state index in [1.54, 1.807) is 0 Å². The number of nitrogens with one attached hydrogen (secondary N) is 2. The number of piperidine rings is 1. The zero-order valence-corrected chi connectivity index (χ0v) is 18.7. The van der Waals surface area contributed by atoms with Gasteiger partial charge in [0.05, 0.1) is 6.67 Å². The number of hydrogen-bond donors (Lipinski definition) is 3. The average molecular weight is 434 g/mol. The number of carbonyl (C=O) groups is 1. The molecule has 1 saturated heterocycles. The molecule has 5 rings (SSSR count). The number of fused-ring (bicyclic) bond motifs is 1. The van der Waals surface area contributed by atoms with E-state index in [2.05, 4.69) is 45.9 Å². The molecule has 0 aromatic heterocycles. The van der Waals surface area contributed by atoms with Crippen LogP contribution in [0.15, 0.2) is 60.7 Å². The van der Waals surface area contributed by atoms with Gasteiger partial charge in [-0.25, -0.2) is 0 Å². The van der Waals surface area contributed by atoms with Gasteiger partial charge in [-0.05, 0) is 35.8 Å². The highest BCUT2D eigenvalue weighted by Crippen LogP contribution is 2.45. The van der Waals surface area contributed by atoms with E-state index in [0.717, 1.165) is 45.3 Å². The van der Waals surface area contributed by atoms with Gasteiger partial charge in [-0.3, -0.25) is 15.0 Å². The second kappa shape index (κ2) is 9.34. The monoisotopic (exact) mass is 433 g/mol. The van der Waals surface area contributed by atoms with Crippen molar-refractivity contribution in [1.82, 2.24) is 15.5 Å². The summed E-state index contributed by atoms with van der Waals surface area (Å²) in [5.41, 5.74) is 0.632. The van der Waals surface area contributed by atoms with E-state index in [1.807, 2.05) is 30.3 Å². The summed E-state index contributed by atoms with van der Waals surface area (Å²) in [4.78, 5) is 15.8. The van der Waals surface area contributed by atoms with Crippen LogP contribution in [0.1, 0.15) is 43.2 Å². The number of rotatable bonds is 8. The van der Waals surface area contributed by atoms with Crippen molar-refractivity contribution < 1.29 is 9.90 Å². The summed E-state index contributed by atoms with van der Waals surface area (Å²) < 4.78 is 0. The van der Waals surface area contributed by atoms with E-state index in [1.165, 1.54) is 12.0 Å². The first kappa shape index (κ1) is 21.6. The van der Waals surface area contributed by atoms with Crippen LogP contribution in [-0.4, -0.2) is 41.7 Å². The molecular weight excluding hydrogens is 398 g/mol. The van der Waals surface area contributed by atoms with E-state index < -0.39 is 5.60 Å². The van der Waals surface area contributed by atoms with Crippen molar-refractivity contribution in [2.24, 2.45) is 17.8 Å². The standard InChI is InChI=1S/C27H35N3O2/c31-26(27(32,21-12-6-2-7-13-21)22-14-8-3-9-15-22)29-19-28-25-23-17-30(18-24(23)25)16-20-10-4-1-5-11-20/h1-2,4-7,10-13,22-25,28,32H,3,8-9,14-19H2,(H,29,31)/t23-,24+,25?,27-/m0/s1. The van der Waals surface area contributed by atoms with Gasteiger partial charge in [0.1, 0.15) is 0 Å². The van der Waals surface area contributed by atoms with Crippen LogP contribution in [-0.2, 0) is 16.9 Å². The molecule has 0 bridgehead atoms. The molecule has 2 aromatic rings. The van der Waals surface area contributed by atoms with E-state index in [9.17, 15) is 9.90 Å². The molecule has 1 aliphatic heterocycles. The fraction of sp³-hybridized carbons (Fsp3) is 0.519. The van der Waals surface area contributed by atoms with Crippen LogP contribution in [0.25, 0.3) is 0 Å². The van der Waals surface area contributed by atoms with Crippen LogP contribution in [0.4, 0.5) is 0 Å². The van der Waals surface area contributed by atoms with Gasteiger partial charge in [-0.15, -0.1) is 0 Å². The smallest absolute Gasteiger partial charge is 0.257 e. The Morgan fingerprint density at radius 2 is 1.56 bits per heavy atom. The van der Waals surface area contributed by atoms with Crippen LogP contribution < -0.4 is 10.6 Å². The van der Waals surface area contributed by atoms with Gasteiger partial charge < -0.3 is 10.4 Å². The van der Waals surface area contributed by atoms with Crippen molar-refractivity contribution in [3.8, 4) is 0 Å². The molecule has 1 amide bonds. The fourth-order valence-corrected chi connectivity index (χ4v) is 6.04. The van der Waals surface area contributed by atoms with Gasteiger partial charge in [-0.1, -0.05) is 79.9 Å².